The summed E-state index contributed by atoms with van der Waals surface area (Å²) in [6.07, 6.45) is 0.310. The number of aliphatic hydroxyl groups is 2. The molecule has 0 bridgehead atoms. The average molecular weight is 226 g/mol. The second-order valence-electron chi connectivity index (χ2n) is 3.57. The number of hydrogen-bond donors (Lipinski definition) is 2. The van der Waals surface area contributed by atoms with Crippen LogP contribution >= 0.6 is 11.8 Å². The van der Waals surface area contributed by atoms with Crippen LogP contribution in [-0.2, 0) is 0 Å². The van der Waals surface area contributed by atoms with E-state index < -0.39 is 6.10 Å². The maximum Gasteiger partial charge on any atom is 0.0798 e. The van der Waals surface area contributed by atoms with E-state index in [-0.39, 0.29) is 11.9 Å². The van der Waals surface area contributed by atoms with Crippen LogP contribution in [0.2, 0.25) is 0 Å². The van der Waals surface area contributed by atoms with Gasteiger partial charge in [0.15, 0.2) is 0 Å². The van der Waals surface area contributed by atoms with Crippen molar-refractivity contribution in [2.45, 2.75) is 36.5 Å². The van der Waals surface area contributed by atoms with Gasteiger partial charge in [0.25, 0.3) is 0 Å². The van der Waals surface area contributed by atoms with Crippen molar-refractivity contribution in [1.82, 2.24) is 0 Å². The van der Waals surface area contributed by atoms with Crippen LogP contribution in [0.4, 0.5) is 0 Å². The molecule has 0 saturated heterocycles. The smallest absolute Gasteiger partial charge is 0.0798 e. The molecule has 84 valence electrons. The van der Waals surface area contributed by atoms with E-state index in [0.29, 0.717) is 6.42 Å². The fourth-order valence-corrected chi connectivity index (χ4v) is 2.34. The molecule has 0 amide bonds. The molecule has 0 fully saturated rings. The summed E-state index contributed by atoms with van der Waals surface area (Å²) in [4.78, 5) is 1.06. The van der Waals surface area contributed by atoms with Crippen LogP contribution in [0.5, 0.6) is 0 Å². The third-order valence-electron chi connectivity index (χ3n) is 2.25. The molecular weight excluding hydrogens is 208 g/mol. The molecule has 0 saturated carbocycles. The molecule has 0 radical (unpaired) electrons. The maximum absolute atomic E-state index is 9.82. The lowest BCUT2D eigenvalue weighted by Gasteiger charge is -2.15. The molecule has 1 unspecified atom stereocenters. The summed E-state index contributed by atoms with van der Waals surface area (Å²) in [6.45, 7) is 4.09. The molecule has 2 nitrogen and oxygen atoms in total. The summed E-state index contributed by atoms with van der Waals surface area (Å²) in [5, 5.41) is 19.0. The van der Waals surface area contributed by atoms with Crippen LogP contribution < -0.4 is 0 Å². The number of rotatable bonds is 5. The monoisotopic (exact) mass is 226 g/mol. The highest BCUT2D eigenvalue weighted by atomic mass is 32.2. The Balaban J connectivity index is 2.86. The summed E-state index contributed by atoms with van der Waals surface area (Å²) >= 11 is 1.60. The average Bonchev–Trinajstić information content (AvgIpc) is 2.28. The van der Waals surface area contributed by atoms with Gasteiger partial charge in [-0.25, -0.2) is 0 Å². The standard InChI is InChI=1S/C12H18O2S/c1-3-11(14)10-6-4-5-7-12(10)15-9(2)8-13/h4-7,9,11,13-14H,3,8H2,1-2H3/t9?,11-/m0/s1. The van der Waals surface area contributed by atoms with E-state index in [0.717, 1.165) is 10.5 Å². The predicted molar refractivity (Wildman–Crippen MR) is 64.1 cm³/mol. The van der Waals surface area contributed by atoms with E-state index in [4.69, 9.17) is 5.11 Å². The zero-order valence-corrected chi connectivity index (χ0v) is 10.00. The summed E-state index contributed by atoms with van der Waals surface area (Å²) < 4.78 is 0. The molecule has 0 aromatic heterocycles. The molecule has 15 heavy (non-hydrogen) atoms. The Hall–Kier alpha value is -0.510. The van der Waals surface area contributed by atoms with Crippen LogP contribution in [0.25, 0.3) is 0 Å². The molecule has 2 N–H and O–H groups in total. The first-order valence-electron chi connectivity index (χ1n) is 5.23. The SMILES string of the molecule is CC[C@H](O)c1ccccc1SC(C)CO. The second-order valence-corrected chi connectivity index (χ2v) is 5.05. The van der Waals surface area contributed by atoms with Gasteiger partial charge >= 0.3 is 0 Å². The molecule has 0 spiro atoms. The fraction of sp³-hybridized carbons (Fsp3) is 0.500. The second kappa shape index (κ2) is 6.16. The lowest BCUT2D eigenvalue weighted by atomic mass is 10.1. The minimum absolute atomic E-state index is 0.154. The predicted octanol–water partition coefficient (Wildman–Crippen LogP) is 2.60. The molecule has 3 heteroatoms. The van der Waals surface area contributed by atoms with Gasteiger partial charge in [-0.3, -0.25) is 0 Å². The van der Waals surface area contributed by atoms with Crippen LogP contribution in [0.15, 0.2) is 29.2 Å². The quantitative estimate of drug-likeness (QED) is 0.758. The molecule has 0 aliphatic heterocycles. The Kier molecular flexibility index (Phi) is 5.15. The van der Waals surface area contributed by atoms with Gasteiger partial charge in [-0.05, 0) is 18.1 Å². The van der Waals surface area contributed by atoms with Crippen molar-refractivity contribution in [2.75, 3.05) is 6.61 Å². The number of aliphatic hydroxyl groups excluding tert-OH is 2. The van der Waals surface area contributed by atoms with Crippen LogP contribution in [0.3, 0.4) is 0 Å². The maximum atomic E-state index is 9.82. The fourth-order valence-electron chi connectivity index (χ4n) is 1.34. The zero-order chi connectivity index (χ0) is 11.3. The van der Waals surface area contributed by atoms with E-state index >= 15 is 0 Å². The first kappa shape index (κ1) is 12.6. The van der Waals surface area contributed by atoms with Gasteiger partial charge in [-0.15, -0.1) is 11.8 Å². The van der Waals surface area contributed by atoms with Crippen LogP contribution in [0.1, 0.15) is 31.9 Å². The summed E-state index contributed by atoms with van der Waals surface area (Å²) in [7, 11) is 0. The molecule has 1 aromatic carbocycles. The van der Waals surface area contributed by atoms with Crippen molar-refractivity contribution >= 4 is 11.8 Å². The Morgan fingerprint density at radius 2 is 2.00 bits per heavy atom. The highest BCUT2D eigenvalue weighted by molar-refractivity contribution is 8.00. The first-order valence-corrected chi connectivity index (χ1v) is 6.11. The van der Waals surface area contributed by atoms with Gasteiger partial charge in [-0.1, -0.05) is 32.0 Å². The normalized spacial score (nSPS) is 14.9. The van der Waals surface area contributed by atoms with E-state index in [9.17, 15) is 5.11 Å². The number of hydrogen-bond acceptors (Lipinski definition) is 3. The number of thioether (sulfide) groups is 1. The van der Waals surface area contributed by atoms with Crippen LogP contribution in [0, 0.1) is 0 Å². The highest BCUT2D eigenvalue weighted by Crippen LogP contribution is 2.31. The Bertz CT molecular complexity index is 301. The van der Waals surface area contributed by atoms with Gasteiger partial charge in [0.05, 0.1) is 12.7 Å². The van der Waals surface area contributed by atoms with Gasteiger partial charge in [0.2, 0.25) is 0 Å². The topological polar surface area (TPSA) is 40.5 Å². The highest BCUT2D eigenvalue weighted by Gasteiger charge is 2.12. The summed E-state index contributed by atoms with van der Waals surface area (Å²) in [5.74, 6) is 0. The third-order valence-corrected chi connectivity index (χ3v) is 3.43. The Morgan fingerprint density at radius 3 is 2.60 bits per heavy atom. The van der Waals surface area contributed by atoms with Crippen LogP contribution in [-0.4, -0.2) is 22.1 Å². The lowest BCUT2D eigenvalue weighted by Crippen LogP contribution is -2.04. The van der Waals surface area contributed by atoms with E-state index in [1.165, 1.54) is 0 Å². The molecule has 0 aliphatic rings. The third kappa shape index (κ3) is 3.52. The van der Waals surface area contributed by atoms with E-state index in [1.54, 1.807) is 11.8 Å². The first-order chi connectivity index (χ1) is 7.19. The molecule has 2 atom stereocenters. The molecule has 1 rings (SSSR count). The zero-order valence-electron chi connectivity index (χ0n) is 9.18. The van der Waals surface area contributed by atoms with Gasteiger partial charge < -0.3 is 10.2 Å². The van der Waals surface area contributed by atoms with Crippen molar-refractivity contribution in [3.8, 4) is 0 Å². The summed E-state index contributed by atoms with van der Waals surface area (Å²) in [6, 6.07) is 7.83. The Morgan fingerprint density at radius 1 is 1.33 bits per heavy atom. The number of benzene rings is 1. The van der Waals surface area contributed by atoms with Crippen molar-refractivity contribution in [2.24, 2.45) is 0 Å². The van der Waals surface area contributed by atoms with Crippen molar-refractivity contribution in [1.29, 1.82) is 0 Å². The van der Waals surface area contributed by atoms with Crippen molar-refractivity contribution < 1.29 is 10.2 Å². The Labute approximate surface area is 95.3 Å². The van der Waals surface area contributed by atoms with Crippen molar-refractivity contribution in [3.05, 3.63) is 29.8 Å². The van der Waals surface area contributed by atoms with Crippen molar-refractivity contribution in [3.63, 3.8) is 0 Å². The molecular formula is C12H18O2S. The minimum atomic E-state index is -0.403. The van der Waals surface area contributed by atoms with Gasteiger partial charge in [-0.2, -0.15) is 0 Å². The summed E-state index contributed by atoms with van der Waals surface area (Å²) in [5.41, 5.74) is 0.963. The minimum Gasteiger partial charge on any atom is -0.395 e. The lowest BCUT2D eigenvalue weighted by molar-refractivity contribution is 0.171. The molecule has 0 aliphatic carbocycles. The van der Waals surface area contributed by atoms with Gasteiger partial charge in [0, 0.05) is 10.1 Å². The molecule has 1 aromatic rings. The largest absolute Gasteiger partial charge is 0.395 e. The molecule has 0 heterocycles. The van der Waals surface area contributed by atoms with Gasteiger partial charge in [0.1, 0.15) is 0 Å². The van der Waals surface area contributed by atoms with E-state index in [2.05, 4.69) is 0 Å². The van der Waals surface area contributed by atoms with E-state index in [1.807, 2.05) is 38.1 Å².